The first-order chi connectivity index (χ1) is 16.9. The van der Waals surface area contributed by atoms with Crippen molar-refractivity contribution < 1.29 is 9.90 Å². The number of anilines is 1. The van der Waals surface area contributed by atoms with E-state index in [1.54, 1.807) is 5.57 Å². The summed E-state index contributed by atoms with van der Waals surface area (Å²) in [6.45, 7) is 5.74. The van der Waals surface area contributed by atoms with E-state index >= 15 is 0 Å². The number of ketones is 1. The molecule has 1 N–H and O–H groups in total. The lowest BCUT2D eigenvalue weighted by Crippen LogP contribution is -2.45. The van der Waals surface area contributed by atoms with E-state index in [0.29, 0.717) is 30.0 Å². The second-order valence-electron chi connectivity index (χ2n) is 12.1. The van der Waals surface area contributed by atoms with Gasteiger partial charge in [-0.3, -0.25) is 4.79 Å². The van der Waals surface area contributed by atoms with E-state index in [1.165, 1.54) is 54.5 Å². The van der Waals surface area contributed by atoms with Crippen molar-refractivity contribution >= 4 is 11.5 Å². The Bertz CT molecular complexity index is 989. The van der Waals surface area contributed by atoms with Gasteiger partial charge in [-0.25, -0.2) is 0 Å². The second-order valence-corrected chi connectivity index (χ2v) is 12.1. The Balaban J connectivity index is 1.42. The zero-order chi connectivity index (χ0) is 24.6. The summed E-state index contributed by atoms with van der Waals surface area (Å²) in [4.78, 5) is 14.6. The molecule has 0 unspecified atom stereocenters. The molecular formula is C32H45NO2. The minimum absolute atomic E-state index is 0.000943. The summed E-state index contributed by atoms with van der Waals surface area (Å²) in [5.74, 6) is 1.79. The van der Waals surface area contributed by atoms with Crippen molar-refractivity contribution in [3.8, 4) is 0 Å². The molecule has 4 aliphatic carbocycles. The molecule has 5 atom stereocenters. The Morgan fingerprint density at radius 3 is 2.54 bits per heavy atom. The molecule has 190 valence electrons. The molecule has 0 spiro atoms. The van der Waals surface area contributed by atoms with Crippen LogP contribution in [0.25, 0.3) is 0 Å². The topological polar surface area (TPSA) is 40.5 Å². The summed E-state index contributed by atoms with van der Waals surface area (Å²) in [5.41, 5.74) is 7.14. The summed E-state index contributed by atoms with van der Waals surface area (Å²) >= 11 is 0. The minimum atomic E-state index is -0.190. The number of fused-ring (bicyclic) bond motifs is 4. The number of hydrogen-bond donors (Lipinski definition) is 1. The third kappa shape index (κ3) is 4.66. The smallest absolute Gasteiger partial charge is 0.156 e. The molecule has 0 bridgehead atoms. The van der Waals surface area contributed by atoms with Crippen molar-refractivity contribution in [1.29, 1.82) is 0 Å². The van der Waals surface area contributed by atoms with E-state index in [1.807, 2.05) is 6.08 Å². The van der Waals surface area contributed by atoms with Gasteiger partial charge in [0.15, 0.2) is 5.78 Å². The Morgan fingerprint density at radius 1 is 1.00 bits per heavy atom. The van der Waals surface area contributed by atoms with Crippen molar-refractivity contribution in [2.24, 2.45) is 17.3 Å². The molecule has 0 heterocycles. The number of carbonyl (C=O) groups is 1. The molecular weight excluding hydrogens is 430 g/mol. The van der Waals surface area contributed by atoms with Gasteiger partial charge < -0.3 is 10.0 Å². The summed E-state index contributed by atoms with van der Waals surface area (Å²) in [7, 11) is 2.22. The zero-order valence-corrected chi connectivity index (χ0v) is 22.2. The van der Waals surface area contributed by atoms with Gasteiger partial charge in [-0.05, 0) is 97.1 Å². The zero-order valence-electron chi connectivity index (χ0n) is 22.2. The fourth-order valence-electron chi connectivity index (χ4n) is 7.97. The molecule has 35 heavy (non-hydrogen) atoms. The second kappa shape index (κ2) is 10.2. The fraction of sp³-hybridized carbons (Fsp3) is 0.656. The van der Waals surface area contributed by atoms with Crippen LogP contribution in [0.2, 0.25) is 0 Å². The van der Waals surface area contributed by atoms with Gasteiger partial charge in [0.2, 0.25) is 0 Å². The molecule has 1 aromatic rings. The van der Waals surface area contributed by atoms with Gasteiger partial charge in [-0.1, -0.05) is 57.2 Å². The molecule has 3 nitrogen and oxygen atoms in total. The molecule has 5 rings (SSSR count). The third-order valence-electron chi connectivity index (χ3n) is 10.0. The van der Waals surface area contributed by atoms with Gasteiger partial charge in [0, 0.05) is 31.6 Å². The van der Waals surface area contributed by atoms with Gasteiger partial charge in [-0.15, -0.1) is 0 Å². The van der Waals surface area contributed by atoms with E-state index in [-0.39, 0.29) is 11.5 Å². The summed E-state index contributed by atoms with van der Waals surface area (Å²) in [5, 5.41) is 11.1. The normalized spacial score (nSPS) is 32.1. The lowest BCUT2D eigenvalue weighted by Gasteiger charge is -2.52. The lowest BCUT2D eigenvalue weighted by atomic mass is 9.53. The fourth-order valence-corrected chi connectivity index (χ4v) is 7.97. The quantitative estimate of drug-likeness (QED) is 0.400. The Kier molecular flexibility index (Phi) is 7.26. The number of carbonyl (C=O) groups excluding carboxylic acids is 1. The summed E-state index contributed by atoms with van der Waals surface area (Å²) in [6.07, 6.45) is 15.2. The molecule has 1 aromatic carbocycles. The average molecular weight is 476 g/mol. The highest BCUT2D eigenvalue weighted by atomic mass is 16.3. The van der Waals surface area contributed by atoms with Gasteiger partial charge in [0.05, 0.1) is 6.10 Å². The highest BCUT2D eigenvalue weighted by molar-refractivity contribution is 5.93. The first-order valence-electron chi connectivity index (χ1n) is 14.4. The van der Waals surface area contributed by atoms with Gasteiger partial charge in [0.25, 0.3) is 0 Å². The van der Waals surface area contributed by atoms with Crippen LogP contribution in [0.3, 0.4) is 0 Å². The number of rotatable bonds is 8. The third-order valence-corrected chi connectivity index (χ3v) is 10.0. The molecule has 3 heteroatoms. The van der Waals surface area contributed by atoms with Crippen molar-refractivity contribution in [2.45, 2.75) is 103 Å². The van der Waals surface area contributed by atoms with Crippen LogP contribution >= 0.6 is 0 Å². The van der Waals surface area contributed by atoms with E-state index < -0.39 is 0 Å². The number of hydrogen-bond acceptors (Lipinski definition) is 3. The largest absolute Gasteiger partial charge is 0.393 e. The average Bonchev–Trinajstić information content (AvgIpc) is 3.17. The van der Waals surface area contributed by atoms with Crippen molar-refractivity contribution in [3.05, 3.63) is 52.6 Å². The van der Waals surface area contributed by atoms with Crippen LogP contribution in [-0.4, -0.2) is 30.6 Å². The van der Waals surface area contributed by atoms with Gasteiger partial charge >= 0.3 is 0 Å². The Hall–Kier alpha value is -1.87. The van der Waals surface area contributed by atoms with Crippen LogP contribution < -0.4 is 4.90 Å². The predicted molar refractivity (Wildman–Crippen MR) is 145 cm³/mol. The number of benzene rings is 1. The maximum atomic E-state index is 12.2. The molecule has 4 aliphatic rings. The van der Waals surface area contributed by atoms with E-state index in [2.05, 4.69) is 50.1 Å². The van der Waals surface area contributed by atoms with Crippen LogP contribution in [0.1, 0.15) is 102 Å². The minimum Gasteiger partial charge on any atom is -0.393 e. The number of aliphatic hydroxyl groups excluding tert-OH is 1. The molecule has 0 saturated heterocycles. The van der Waals surface area contributed by atoms with Crippen LogP contribution in [0.15, 0.2) is 47.1 Å². The Morgan fingerprint density at radius 2 is 1.77 bits per heavy atom. The van der Waals surface area contributed by atoms with E-state index in [9.17, 15) is 9.90 Å². The van der Waals surface area contributed by atoms with Crippen LogP contribution in [0, 0.1) is 17.3 Å². The summed E-state index contributed by atoms with van der Waals surface area (Å²) in [6, 6.07) is 9.33. The number of nitrogens with zero attached hydrogens (tertiary/aromatic N) is 1. The van der Waals surface area contributed by atoms with Crippen LogP contribution in [-0.2, 0) is 4.79 Å². The standard InChI is InChI=1S/C32H45NO2/c1-4-5-6-7-8-19-33(3)24-12-9-22(10-13-24)28-21-32(2)29(17-18-30(32)35)27-15-11-23-20-25(34)14-16-26(23)31(27)28/h9-10,12-13,20,27-30,35H,4-8,11,14-19,21H2,1-3H3/t27-,28+,29-,30-,32-/m0/s1. The number of allylic oxidation sites excluding steroid dienone is 4. The molecule has 0 aliphatic heterocycles. The number of aliphatic hydroxyl groups is 1. The van der Waals surface area contributed by atoms with E-state index in [0.717, 1.165) is 45.1 Å². The van der Waals surface area contributed by atoms with Crippen LogP contribution in [0.4, 0.5) is 5.69 Å². The van der Waals surface area contributed by atoms with Gasteiger partial charge in [-0.2, -0.15) is 0 Å². The maximum Gasteiger partial charge on any atom is 0.156 e. The number of unbranched alkanes of at least 4 members (excludes halogenated alkanes) is 4. The lowest BCUT2D eigenvalue weighted by molar-refractivity contribution is -0.114. The maximum absolute atomic E-state index is 12.2. The summed E-state index contributed by atoms with van der Waals surface area (Å²) < 4.78 is 0. The molecule has 2 fully saturated rings. The molecule has 0 radical (unpaired) electrons. The van der Waals surface area contributed by atoms with Crippen molar-refractivity contribution in [2.75, 3.05) is 18.5 Å². The first-order valence-corrected chi connectivity index (χ1v) is 14.4. The molecule has 2 saturated carbocycles. The van der Waals surface area contributed by atoms with Gasteiger partial charge in [0.1, 0.15) is 0 Å². The van der Waals surface area contributed by atoms with Crippen molar-refractivity contribution in [1.82, 2.24) is 0 Å². The van der Waals surface area contributed by atoms with Crippen molar-refractivity contribution in [3.63, 3.8) is 0 Å². The highest BCUT2D eigenvalue weighted by Crippen LogP contribution is 2.63. The van der Waals surface area contributed by atoms with Crippen LogP contribution in [0.5, 0.6) is 0 Å². The molecule has 0 amide bonds. The molecule has 0 aromatic heterocycles. The first kappa shape index (κ1) is 24.8. The predicted octanol–water partition coefficient (Wildman–Crippen LogP) is 7.35. The Labute approximate surface area is 212 Å². The SMILES string of the molecule is CCCCCCCN(C)c1ccc([C@H]2C[C@]3(C)[C@@H](O)CC[C@H]3[C@@H]3CCC4=CC(=O)CCC4=C32)cc1. The monoisotopic (exact) mass is 475 g/mol. The van der Waals surface area contributed by atoms with E-state index in [4.69, 9.17) is 0 Å². The highest BCUT2D eigenvalue weighted by Gasteiger charge is 2.56.